The van der Waals surface area contributed by atoms with Gasteiger partial charge >= 0.3 is 0 Å². The van der Waals surface area contributed by atoms with E-state index in [9.17, 15) is 4.79 Å². The van der Waals surface area contributed by atoms with E-state index in [4.69, 9.17) is 21.1 Å². The molecule has 4 rings (SSSR count). The topological polar surface area (TPSA) is 65.4 Å². The van der Waals surface area contributed by atoms with Gasteiger partial charge in [-0.15, -0.1) is 0 Å². The highest BCUT2D eigenvalue weighted by molar-refractivity contribution is 6.32. The minimum absolute atomic E-state index is 0.173. The summed E-state index contributed by atoms with van der Waals surface area (Å²) in [5, 5.41) is 8.21. The van der Waals surface area contributed by atoms with Gasteiger partial charge in [0.2, 0.25) is 0 Å². The SMILES string of the molecule is COc1ccc(-c2cc(C(=O)NC3CC3)n(-c3ccccc3Cl)n2)c(OC)c1. The van der Waals surface area contributed by atoms with Crippen molar-refractivity contribution in [2.75, 3.05) is 14.2 Å². The second kappa shape index (κ2) is 7.56. The van der Waals surface area contributed by atoms with Gasteiger partial charge in [-0.3, -0.25) is 4.79 Å². The number of hydrogen-bond acceptors (Lipinski definition) is 4. The number of rotatable bonds is 6. The van der Waals surface area contributed by atoms with Gasteiger partial charge in [-0.1, -0.05) is 23.7 Å². The van der Waals surface area contributed by atoms with E-state index in [1.807, 2.05) is 30.3 Å². The Balaban J connectivity index is 1.83. The van der Waals surface area contributed by atoms with E-state index in [0.717, 1.165) is 18.4 Å². The molecule has 1 heterocycles. The van der Waals surface area contributed by atoms with Gasteiger partial charge in [0.15, 0.2) is 0 Å². The van der Waals surface area contributed by atoms with Gasteiger partial charge in [-0.25, -0.2) is 4.68 Å². The summed E-state index contributed by atoms with van der Waals surface area (Å²) in [6.07, 6.45) is 2.01. The van der Waals surface area contributed by atoms with E-state index >= 15 is 0 Å². The Labute approximate surface area is 168 Å². The Kier molecular flexibility index (Phi) is 4.96. The molecule has 0 spiro atoms. The smallest absolute Gasteiger partial charge is 0.270 e. The summed E-state index contributed by atoms with van der Waals surface area (Å²) >= 11 is 6.37. The monoisotopic (exact) mass is 397 g/mol. The molecule has 7 heteroatoms. The van der Waals surface area contributed by atoms with Gasteiger partial charge < -0.3 is 14.8 Å². The molecule has 0 bridgehead atoms. The third-order valence-electron chi connectivity index (χ3n) is 4.62. The van der Waals surface area contributed by atoms with Crippen molar-refractivity contribution in [1.82, 2.24) is 15.1 Å². The van der Waals surface area contributed by atoms with Crippen LogP contribution in [0.3, 0.4) is 0 Å². The number of amides is 1. The highest BCUT2D eigenvalue weighted by atomic mass is 35.5. The van der Waals surface area contributed by atoms with Crippen LogP contribution in [0.1, 0.15) is 23.3 Å². The average Bonchev–Trinajstić information content (AvgIpc) is 3.42. The number of methoxy groups -OCH3 is 2. The van der Waals surface area contributed by atoms with Crippen LogP contribution in [0.15, 0.2) is 48.5 Å². The first-order chi connectivity index (χ1) is 13.6. The van der Waals surface area contributed by atoms with Crippen LogP contribution in [0, 0.1) is 0 Å². The third-order valence-corrected chi connectivity index (χ3v) is 4.94. The molecule has 1 saturated carbocycles. The second-order valence-electron chi connectivity index (χ2n) is 6.59. The molecule has 3 aromatic rings. The van der Waals surface area contributed by atoms with Crippen molar-refractivity contribution in [3.8, 4) is 28.4 Å². The van der Waals surface area contributed by atoms with E-state index in [0.29, 0.717) is 33.6 Å². The Hall–Kier alpha value is -2.99. The van der Waals surface area contributed by atoms with Crippen molar-refractivity contribution in [2.24, 2.45) is 0 Å². The zero-order valence-corrected chi connectivity index (χ0v) is 16.4. The van der Waals surface area contributed by atoms with Gasteiger partial charge in [0.1, 0.15) is 17.2 Å². The molecule has 1 aliphatic rings. The molecule has 1 fully saturated rings. The Morgan fingerprint density at radius 2 is 1.93 bits per heavy atom. The maximum Gasteiger partial charge on any atom is 0.270 e. The number of aromatic nitrogens is 2. The van der Waals surface area contributed by atoms with E-state index < -0.39 is 0 Å². The Morgan fingerprint density at radius 1 is 1.14 bits per heavy atom. The lowest BCUT2D eigenvalue weighted by molar-refractivity contribution is 0.0943. The highest BCUT2D eigenvalue weighted by Gasteiger charge is 2.27. The number of benzene rings is 2. The van der Waals surface area contributed by atoms with Gasteiger partial charge in [0, 0.05) is 17.7 Å². The van der Waals surface area contributed by atoms with Crippen molar-refractivity contribution in [1.29, 1.82) is 0 Å². The third kappa shape index (κ3) is 3.55. The van der Waals surface area contributed by atoms with E-state index in [1.165, 1.54) is 0 Å². The molecule has 0 atom stereocenters. The van der Waals surface area contributed by atoms with E-state index in [2.05, 4.69) is 10.4 Å². The largest absolute Gasteiger partial charge is 0.497 e. The van der Waals surface area contributed by atoms with Crippen molar-refractivity contribution >= 4 is 17.5 Å². The van der Waals surface area contributed by atoms with Gasteiger partial charge in [0.05, 0.1) is 30.6 Å². The van der Waals surface area contributed by atoms with E-state index in [1.54, 1.807) is 37.1 Å². The minimum Gasteiger partial charge on any atom is -0.497 e. The fraction of sp³-hybridized carbons (Fsp3) is 0.238. The van der Waals surface area contributed by atoms with Crippen LogP contribution in [0.2, 0.25) is 5.02 Å². The summed E-state index contributed by atoms with van der Waals surface area (Å²) < 4.78 is 12.3. The lowest BCUT2D eigenvalue weighted by atomic mass is 10.1. The molecular weight excluding hydrogens is 378 g/mol. The molecule has 0 saturated heterocycles. The molecule has 2 aromatic carbocycles. The fourth-order valence-corrected chi connectivity index (χ4v) is 3.19. The zero-order valence-electron chi connectivity index (χ0n) is 15.6. The fourth-order valence-electron chi connectivity index (χ4n) is 2.98. The maximum absolute atomic E-state index is 12.8. The van der Waals surface area contributed by atoms with Crippen molar-refractivity contribution in [2.45, 2.75) is 18.9 Å². The summed E-state index contributed by atoms with van der Waals surface area (Å²) in [6, 6.07) is 14.8. The first kappa shape index (κ1) is 18.4. The van der Waals surface area contributed by atoms with Gasteiger partial charge in [-0.05, 0) is 43.2 Å². The number of ether oxygens (including phenoxy) is 2. The molecule has 1 aromatic heterocycles. The van der Waals surface area contributed by atoms with Crippen LogP contribution in [0.5, 0.6) is 11.5 Å². The summed E-state index contributed by atoms with van der Waals surface area (Å²) in [6.45, 7) is 0. The number of halogens is 1. The van der Waals surface area contributed by atoms with Crippen molar-refractivity contribution < 1.29 is 14.3 Å². The van der Waals surface area contributed by atoms with E-state index in [-0.39, 0.29) is 11.9 Å². The molecule has 1 amide bonds. The molecule has 0 unspecified atom stereocenters. The molecule has 0 radical (unpaired) electrons. The van der Waals surface area contributed by atoms with Crippen LogP contribution in [0.4, 0.5) is 0 Å². The molecule has 144 valence electrons. The minimum atomic E-state index is -0.173. The second-order valence-corrected chi connectivity index (χ2v) is 7.00. The predicted molar refractivity (Wildman–Crippen MR) is 108 cm³/mol. The van der Waals surface area contributed by atoms with Gasteiger partial charge in [-0.2, -0.15) is 5.10 Å². The number of hydrogen-bond donors (Lipinski definition) is 1. The quantitative estimate of drug-likeness (QED) is 0.680. The average molecular weight is 398 g/mol. The number of nitrogens with zero attached hydrogens (tertiary/aromatic N) is 2. The Morgan fingerprint density at radius 3 is 2.61 bits per heavy atom. The summed E-state index contributed by atoms with van der Waals surface area (Å²) in [5.74, 6) is 1.11. The summed E-state index contributed by atoms with van der Waals surface area (Å²) in [5.41, 5.74) is 2.44. The summed E-state index contributed by atoms with van der Waals surface area (Å²) in [7, 11) is 3.19. The lowest BCUT2D eigenvalue weighted by Gasteiger charge is -2.09. The maximum atomic E-state index is 12.8. The summed E-state index contributed by atoms with van der Waals surface area (Å²) in [4.78, 5) is 12.8. The van der Waals surface area contributed by atoms with Crippen LogP contribution >= 0.6 is 11.6 Å². The van der Waals surface area contributed by atoms with Crippen LogP contribution in [-0.4, -0.2) is 35.9 Å². The van der Waals surface area contributed by atoms with Crippen LogP contribution < -0.4 is 14.8 Å². The molecule has 28 heavy (non-hydrogen) atoms. The molecule has 1 N–H and O–H groups in total. The number of para-hydroxylation sites is 1. The Bertz CT molecular complexity index is 1030. The highest BCUT2D eigenvalue weighted by Crippen LogP contribution is 2.34. The molecular formula is C21H20ClN3O3. The molecule has 0 aliphatic heterocycles. The molecule has 1 aliphatic carbocycles. The first-order valence-electron chi connectivity index (χ1n) is 8.99. The lowest BCUT2D eigenvalue weighted by Crippen LogP contribution is -2.27. The first-order valence-corrected chi connectivity index (χ1v) is 9.36. The van der Waals surface area contributed by atoms with Crippen LogP contribution in [-0.2, 0) is 0 Å². The molecule has 6 nitrogen and oxygen atoms in total. The normalized spacial score (nSPS) is 13.2. The standard InChI is InChI=1S/C21H20ClN3O3/c1-27-14-9-10-15(20(11-14)28-2)17-12-19(21(26)23-13-7-8-13)25(24-17)18-6-4-3-5-16(18)22/h3-6,9-13H,7-8H2,1-2H3,(H,23,26). The van der Waals surface area contributed by atoms with Crippen molar-refractivity contribution in [3.05, 3.63) is 59.2 Å². The predicted octanol–water partition coefficient (Wildman–Crippen LogP) is 4.10. The number of carbonyl (C=O) groups is 1. The van der Waals surface area contributed by atoms with Crippen molar-refractivity contribution in [3.63, 3.8) is 0 Å². The zero-order chi connectivity index (χ0) is 19.7. The van der Waals surface area contributed by atoms with Gasteiger partial charge in [0.25, 0.3) is 5.91 Å². The number of carbonyl (C=O) groups excluding carboxylic acids is 1. The van der Waals surface area contributed by atoms with Crippen LogP contribution in [0.25, 0.3) is 16.9 Å². The number of nitrogens with one attached hydrogen (secondary N) is 1.